The Hall–Kier alpha value is -1.26. The first-order valence-electron chi connectivity index (χ1n) is 5.25. The maximum absolute atomic E-state index is 11.5. The van der Waals surface area contributed by atoms with Gasteiger partial charge in [0.25, 0.3) is 0 Å². The molecule has 2 unspecified atom stereocenters. The van der Waals surface area contributed by atoms with Crippen molar-refractivity contribution in [3.8, 4) is 0 Å². The molecule has 5 nitrogen and oxygen atoms in total. The van der Waals surface area contributed by atoms with Gasteiger partial charge in [0.15, 0.2) is 0 Å². The van der Waals surface area contributed by atoms with Crippen LogP contribution in [0.15, 0.2) is 0 Å². The summed E-state index contributed by atoms with van der Waals surface area (Å²) < 4.78 is 0. The highest BCUT2D eigenvalue weighted by atomic mass is 16.4. The lowest BCUT2D eigenvalue weighted by molar-refractivity contribution is -0.135. The van der Waals surface area contributed by atoms with Gasteiger partial charge in [-0.15, -0.1) is 0 Å². The number of carboxylic acids is 1. The van der Waals surface area contributed by atoms with Crippen molar-refractivity contribution in [1.29, 1.82) is 0 Å². The molecule has 1 aliphatic heterocycles. The summed E-state index contributed by atoms with van der Waals surface area (Å²) in [6, 6.07) is -0.267. The van der Waals surface area contributed by atoms with E-state index in [2.05, 4.69) is 19.2 Å². The number of carbonyl (C=O) groups excluding carboxylic acids is 1. The number of rotatable bonds is 2. The van der Waals surface area contributed by atoms with E-state index in [4.69, 9.17) is 5.11 Å². The fraction of sp³-hybridized carbons (Fsp3) is 0.800. The number of urea groups is 1. The molecule has 15 heavy (non-hydrogen) atoms. The van der Waals surface area contributed by atoms with Crippen molar-refractivity contribution >= 4 is 12.0 Å². The fourth-order valence-corrected chi connectivity index (χ4v) is 1.71. The molecule has 0 aromatic carbocycles. The molecule has 0 aromatic rings. The zero-order valence-corrected chi connectivity index (χ0v) is 9.19. The van der Waals surface area contributed by atoms with Crippen LogP contribution in [-0.2, 0) is 4.79 Å². The van der Waals surface area contributed by atoms with E-state index < -0.39 is 5.97 Å². The highest BCUT2D eigenvalue weighted by molar-refractivity contribution is 5.79. The van der Waals surface area contributed by atoms with Gasteiger partial charge in [-0.05, 0) is 18.3 Å². The highest BCUT2D eigenvalue weighted by Crippen LogP contribution is 2.22. The average molecular weight is 214 g/mol. The van der Waals surface area contributed by atoms with E-state index in [1.54, 1.807) is 4.90 Å². The first-order valence-corrected chi connectivity index (χ1v) is 5.25. The van der Waals surface area contributed by atoms with Crippen molar-refractivity contribution < 1.29 is 14.7 Å². The third kappa shape index (κ3) is 3.42. The molecule has 1 saturated heterocycles. The van der Waals surface area contributed by atoms with Crippen molar-refractivity contribution in [2.45, 2.75) is 20.3 Å². The Balaban J connectivity index is 2.37. The maximum Gasteiger partial charge on any atom is 0.323 e. The van der Waals surface area contributed by atoms with Gasteiger partial charge in [0, 0.05) is 13.1 Å². The van der Waals surface area contributed by atoms with Gasteiger partial charge in [0.05, 0.1) is 0 Å². The minimum absolute atomic E-state index is 0.267. The number of piperidine rings is 1. The second-order valence-corrected chi connectivity index (χ2v) is 4.24. The van der Waals surface area contributed by atoms with Crippen molar-refractivity contribution in [1.82, 2.24) is 10.2 Å². The Labute approximate surface area is 89.4 Å². The second kappa shape index (κ2) is 5.00. The Morgan fingerprint density at radius 1 is 1.40 bits per heavy atom. The summed E-state index contributed by atoms with van der Waals surface area (Å²) in [6.07, 6.45) is 0.988. The molecule has 1 aliphatic rings. The molecule has 5 heteroatoms. The van der Waals surface area contributed by atoms with E-state index in [0.717, 1.165) is 13.0 Å². The minimum Gasteiger partial charge on any atom is -0.480 e. The Bertz CT molecular complexity index is 255. The number of hydrogen-bond donors (Lipinski definition) is 2. The van der Waals surface area contributed by atoms with Gasteiger partial charge in [-0.1, -0.05) is 13.8 Å². The van der Waals surface area contributed by atoms with Crippen LogP contribution in [0.2, 0.25) is 0 Å². The molecule has 86 valence electrons. The minimum atomic E-state index is -1.01. The molecule has 2 N–H and O–H groups in total. The predicted octanol–water partition coefficient (Wildman–Crippen LogP) is 0.758. The summed E-state index contributed by atoms with van der Waals surface area (Å²) in [5.74, 6) is 0.102. The molecule has 0 aliphatic carbocycles. The largest absolute Gasteiger partial charge is 0.480 e. The number of nitrogens with one attached hydrogen (secondary N) is 1. The van der Waals surface area contributed by atoms with E-state index in [0.29, 0.717) is 18.4 Å². The van der Waals surface area contributed by atoms with Gasteiger partial charge in [-0.2, -0.15) is 0 Å². The lowest BCUT2D eigenvalue weighted by atomic mass is 9.89. The number of hydrogen-bond acceptors (Lipinski definition) is 2. The smallest absolute Gasteiger partial charge is 0.323 e. The third-order valence-corrected chi connectivity index (χ3v) is 3.01. The van der Waals surface area contributed by atoms with Crippen LogP contribution in [0, 0.1) is 11.8 Å². The SMILES string of the molecule is CC1CCN(C(=O)NCC(=O)O)CC1C. The Morgan fingerprint density at radius 3 is 2.60 bits per heavy atom. The highest BCUT2D eigenvalue weighted by Gasteiger charge is 2.25. The molecular formula is C10H18N2O3. The summed E-state index contributed by atoms with van der Waals surface area (Å²) in [7, 11) is 0. The summed E-state index contributed by atoms with van der Waals surface area (Å²) >= 11 is 0. The summed E-state index contributed by atoms with van der Waals surface area (Å²) in [6.45, 7) is 5.42. The molecular weight excluding hydrogens is 196 g/mol. The van der Waals surface area contributed by atoms with E-state index in [1.165, 1.54) is 0 Å². The molecule has 0 aromatic heterocycles. The predicted molar refractivity (Wildman–Crippen MR) is 55.6 cm³/mol. The molecule has 2 atom stereocenters. The van der Waals surface area contributed by atoms with Gasteiger partial charge in [-0.3, -0.25) is 4.79 Å². The van der Waals surface area contributed by atoms with Crippen LogP contribution < -0.4 is 5.32 Å². The van der Waals surface area contributed by atoms with Crippen LogP contribution in [0.1, 0.15) is 20.3 Å². The summed E-state index contributed by atoms with van der Waals surface area (Å²) in [4.78, 5) is 23.5. The quantitative estimate of drug-likeness (QED) is 0.713. The van der Waals surface area contributed by atoms with Crippen molar-refractivity contribution in [3.05, 3.63) is 0 Å². The van der Waals surface area contributed by atoms with Crippen molar-refractivity contribution in [2.75, 3.05) is 19.6 Å². The number of carbonyl (C=O) groups is 2. The average Bonchev–Trinajstić information content (AvgIpc) is 2.18. The Kier molecular flexibility index (Phi) is 3.94. The van der Waals surface area contributed by atoms with Crippen LogP contribution in [0.5, 0.6) is 0 Å². The number of aliphatic carboxylic acids is 1. The molecule has 0 radical (unpaired) electrons. The number of nitrogens with zero attached hydrogens (tertiary/aromatic N) is 1. The lowest BCUT2D eigenvalue weighted by Gasteiger charge is -2.35. The maximum atomic E-state index is 11.5. The van der Waals surface area contributed by atoms with E-state index >= 15 is 0 Å². The van der Waals surface area contributed by atoms with Crippen molar-refractivity contribution in [2.24, 2.45) is 11.8 Å². The van der Waals surface area contributed by atoms with Gasteiger partial charge >= 0.3 is 12.0 Å². The van der Waals surface area contributed by atoms with Gasteiger partial charge in [-0.25, -0.2) is 4.79 Å². The zero-order chi connectivity index (χ0) is 11.4. The fourth-order valence-electron chi connectivity index (χ4n) is 1.71. The molecule has 1 rings (SSSR count). The van der Waals surface area contributed by atoms with Crippen LogP contribution in [0.25, 0.3) is 0 Å². The van der Waals surface area contributed by atoms with Gasteiger partial charge < -0.3 is 15.3 Å². The van der Waals surface area contributed by atoms with Crippen LogP contribution in [-0.4, -0.2) is 41.6 Å². The third-order valence-electron chi connectivity index (χ3n) is 3.01. The second-order valence-electron chi connectivity index (χ2n) is 4.24. The molecule has 2 amide bonds. The molecule has 0 saturated carbocycles. The van der Waals surface area contributed by atoms with Crippen molar-refractivity contribution in [3.63, 3.8) is 0 Å². The first kappa shape index (κ1) is 11.8. The van der Waals surface area contributed by atoms with E-state index in [1.807, 2.05) is 0 Å². The van der Waals surface area contributed by atoms with E-state index in [-0.39, 0.29) is 12.6 Å². The topological polar surface area (TPSA) is 69.6 Å². The lowest BCUT2D eigenvalue weighted by Crippen LogP contribution is -2.48. The van der Waals surface area contributed by atoms with Gasteiger partial charge in [0.2, 0.25) is 0 Å². The standard InChI is InChI=1S/C10H18N2O3/c1-7-3-4-12(6-8(7)2)10(15)11-5-9(13)14/h7-8H,3-6H2,1-2H3,(H,11,15)(H,13,14). The summed E-state index contributed by atoms with van der Waals surface area (Å²) in [5.41, 5.74) is 0. The molecule has 1 heterocycles. The molecule has 1 fully saturated rings. The molecule has 0 spiro atoms. The number of carboxylic acid groups (broad SMARTS) is 1. The van der Waals surface area contributed by atoms with Gasteiger partial charge in [0.1, 0.15) is 6.54 Å². The first-order chi connectivity index (χ1) is 7.00. The summed E-state index contributed by atoms with van der Waals surface area (Å²) in [5, 5.41) is 10.8. The van der Waals surface area contributed by atoms with Crippen LogP contribution in [0.4, 0.5) is 4.79 Å². The van der Waals surface area contributed by atoms with E-state index in [9.17, 15) is 9.59 Å². The zero-order valence-electron chi connectivity index (χ0n) is 9.19. The monoisotopic (exact) mass is 214 g/mol. The van der Waals surface area contributed by atoms with Crippen LogP contribution >= 0.6 is 0 Å². The Morgan fingerprint density at radius 2 is 2.07 bits per heavy atom. The number of amides is 2. The molecule has 0 bridgehead atoms. The number of likely N-dealkylation sites (tertiary alicyclic amines) is 1. The normalized spacial score (nSPS) is 26.1. The van der Waals surface area contributed by atoms with Crippen LogP contribution in [0.3, 0.4) is 0 Å².